The number of anilines is 2. The van der Waals surface area contributed by atoms with Crippen molar-refractivity contribution in [1.29, 1.82) is 0 Å². The molecule has 27 heavy (non-hydrogen) atoms. The predicted octanol–water partition coefficient (Wildman–Crippen LogP) is 4.53. The molecule has 2 N–H and O–H groups in total. The van der Waals surface area contributed by atoms with E-state index in [0.29, 0.717) is 26.9 Å². The van der Waals surface area contributed by atoms with Gasteiger partial charge in [0.25, 0.3) is 0 Å². The number of esters is 2. The number of rotatable bonds is 5. The minimum absolute atomic E-state index is 0.172. The van der Waals surface area contributed by atoms with Gasteiger partial charge in [-0.05, 0) is 69.7 Å². The van der Waals surface area contributed by atoms with Crippen molar-refractivity contribution in [3.63, 3.8) is 0 Å². The number of hydrogen-bond acceptors (Lipinski definition) is 6. The average Bonchev–Trinajstić information content (AvgIpc) is 2.88. The van der Waals surface area contributed by atoms with Gasteiger partial charge in [-0.25, -0.2) is 9.59 Å². The number of benzene rings is 1. The van der Waals surface area contributed by atoms with E-state index in [4.69, 9.17) is 21.7 Å². The molecule has 0 radical (unpaired) electrons. The van der Waals surface area contributed by atoms with Crippen LogP contribution < -0.4 is 10.6 Å². The first-order chi connectivity index (χ1) is 12.7. The van der Waals surface area contributed by atoms with Crippen molar-refractivity contribution < 1.29 is 19.1 Å². The van der Waals surface area contributed by atoms with Crippen molar-refractivity contribution in [2.75, 3.05) is 17.7 Å². The fourth-order valence-electron chi connectivity index (χ4n) is 2.30. The number of nitrogens with one attached hydrogen (secondary N) is 2. The van der Waals surface area contributed by atoms with Gasteiger partial charge in [0.1, 0.15) is 5.00 Å². The van der Waals surface area contributed by atoms with Crippen LogP contribution in [0.15, 0.2) is 24.3 Å². The normalized spacial score (nSPS) is 10.4. The van der Waals surface area contributed by atoms with E-state index < -0.39 is 5.97 Å². The molecule has 0 bridgehead atoms. The lowest BCUT2D eigenvalue weighted by atomic mass is 10.1. The third kappa shape index (κ3) is 5.27. The second-order valence-corrected chi connectivity index (χ2v) is 7.72. The van der Waals surface area contributed by atoms with Crippen LogP contribution in [-0.2, 0) is 9.47 Å². The average molecular weight is 407 g/mol. The second-order valence-electron chi connectivity index (χ2n) is 6.09. The number of aryl methyl sites for hydroxylation is 1. The molecule has 1 aromatic carbocycles. The number of carbonyl (C=O) groups excluding carboxylic acids is 2. The number of hydrogen-bond donors (Lipinski definition) is 2. The van der Waals surface area contributed by atoms with Crippen molar-refractivity contribution >= 4 is 51.3 Å². The van der Waals surface area contributed by atoms with E-state index in [1.165, 1.54) is 18.4 Å². The van der Waals surface area contributed by atoms with Gasteiger partial charge in [0.15, 0.2) is 5.11 Å². The van der Waals surface area contributed by atoms with Gasteiger partial charge in [-0.3, -0.25) is 0 Å². The Bertz CT molecular complexity index is 857. The molecule has 8 heteroatoms. The van der Waals surface area contributed by atoms with Gasteiger partial charge in [-0.2, -0.15) is 0 Å². The molecule has 2 rings (SSSR count). The number of carbonyl (C=O) groups is 2. The van der Waals surface area contributed by atoms with Gasteiger partial charge in [-0.15, -0.1) is 11.3 Å². The van der Waals surface area contributed by atoms with Crippen molar-refractivity contribution in [2.45, 2.75) is 33.8 Å². The van der Waals surface area contributed by atoms with Crippen LogP contribution in [-0.4, -0.2) is 30.3 Å². The molecule has 2 aromatic rings. The van der Waals surface area contributed by atoms with Crippen LogP contribution in [0.2, 0.25) is 0 Å². The van der Waals surface area contributed by atoms with Crippen LogP contribution in [0.5, 0.6) is 0 Å². The first-order valence-electron chi connectivity index (χ1n) is 8.30. The number of thiophene rings is 1. The van der Waals surface area contributed by atoms with Gasteiger partial charge >= 0.3 is 11.9 Å². The van der Waals surface area contributed by atoms with E-state index in [1.54, 1.807) is 38.1 Å². The Morgan fingerprint density at radius 2 is 1.70 bits per heavy atom. The Kier molecular flexibility index (Phi) is 6.92. The van der Waals surface area contributed by atoms with E-state index in [-0.39, 0.29) is 12.1 Å². The molecule has 0 amide bonds. The molecule has 0 saturated heterocycles. The van der Waals surface area contributed by atoms with Gasteiger partial charge < -0.3 is 20.1 Å². The summed E-state index contributed by atoms with van der Waals surface area (Å²) in [5.41, 5.74) is 2.52. The minimum Gasteiger partial charge on any atom is -0.465 e. The molecule has 0 saturated carbocycles. The lowest BCUT2D eigenvalue weighted by molar-refractivity contribution is 0.0377. The topological polar surface area (TPSA) is 76.7 Å². The highest BCUT2D eigenvalue weighted by Crippen LogP contribution is 2.33. The maximum Gasteiger partial charge on any atom is 0.341 e. The number of methoxy groups -OCH3 is 1. The molecule has 1 aromatic heterocycles. The van der Waals surface area contributed by atoms with Crippen LogP contribution in [0, 0.1) is 13.8 Å². The molecule has 144 valence electrons. The molecule has 1 heterocycles. The fraction of sp³-hybridized carbons (Fsp3) is 0.316. The highest BCUT2D eigenvalue weighted by atomic mass is 32.1. The summed E-state index contributed by atoms with van der Waals surface area (Å²) in [6.45, 7) is 7.40. The molecule has 0 spiro atoms. The second kappa shape index (κ2) is 8.96. The minimum atomic E-state index is -0.407. The number of ether oxygens (including phenoxy) is 2. The van der Waals surface area contributed by atoms with Crippen molar-refractivity contribution in [3.05, 3.63) is 45.8 Å². The molecule has 6 nitrogen and oxygen atoms in total. The quantitative estimate of drug-likeness (QED) is 0.558. The number of thiocarbonyl (C=S) groups is 1. The van der Waals surface area contributed by atoms with Gasteiger partial charge in [-0.1, -0.05) is 0 Å². The summed E-state index contributed by atoms with van der Waals surface area (Å²) in [5.74, 6) is -0.778. The van der Waals surface area contributed by atoms with E-state index in [9.17, 15) is 9.59 Å². The Balaban J connectivity index is 2.07. The highest BCUT2D eigenvalue weighted by Gasteiger charge is 2.20. The van der Waals surface area contributed by atoms with Crippen LogP contribution >= 0.6 is 23.6 Å². The predicted molar refractivity (Wildman–Crippen MR) is 112 cm³/mol. The van der Waals surface area contributed by atoms with Crippen LogP contribution in [0.25, 0.3) is 0 Å². The van der Waals surface area contributed by atoms with Gasteiger partial charge in [0.05, 0.1) is 24.3 Å². The molecule has 0 aliphatic carbocycles. The smallest absolute Gasteiger partial charge is 0.341 e. The van der Waals surface area contributed by atoms with Gasteiger partial charge in [0.2, 0.25) is 0 Å². The lowest BCUT2D eigenvalue weighted by Gasteiger charge is -2.12. The third-order valence-electron chi connectivity index (χ3n) is 3.72. The molecular weight excluding hydrogens is 384 g/mol. The molecule has 0 unspecified atom stereocenters. The molecule has 0 fully saturated rings. The molecule has 0 atom stereocenters. The van der Waals surface area contributed by atoms with Crippen LogP contribution in [0.3, 0.4) is 0 Å². The Hall–Kier alpha value is -2.45. The van der Waals surface area contributed by atoms with Gasteiger partial charge in [0, 0.05) is 10.6 Å². The molecule has 0 aliphatic rings. The maximum absolute atomic E-state index is 12.0. The fourth-order valence-corrected chi connectivity index (χ4v) is 3.64. The SMILES string of the molecule is COC(=O)c1c(NC(=S)Nc2ccc(C(=O)OC(C)C)cc2)sc(C)c1C. The standard InChI is InChI=1S/C19H22N2O4S2/c1-10(2)25-17(22)13-6-8-14(9-7-13)20-19(26)21-16-15(18(23)24-5)11(3)12(4)27-16/h6-10H,1-5H3,(H2,20,21,26). The van der Waals surface area contributed by atoms with E-state index in [0.717, 1.165) is 10.4 Å². The summed E-state index contributed by atoms with van der Waals surface area (Å²) in [6, 6.07) is 6.79. The Labute approximate surface area is 167 Å². The monoisotopic (exact) mass is 406 g/mol. The first kappa shape index (κ1) is 20.9. The van der Waals surface area contributed by atoms with Crippen molar-refractivity contribution in [2.24, 2.45) is 0 Å². The van der Waals surface area contributed by atoms with E-state index in [2.05, 4.69) is 10.6 Å². The molecular formula is C19H22N2O4S2. The summed E-state index contributed by atoms with van der Waals surface area (Å²) >= 11 is 6.77. The van der Waals surface area contributed by atoms with E-state index in [1.807, 2.05) is 13.8 Å². The lowest BCUT2D eigenvalue weighted by Crippen LogP contribution is -2.20. The summed E-state index contributed by atoms with van der Waals surface area (Å²) in [4.78, 5) is 24.9. The van der Waals surface area contributed by atoms with Crippen LogP contribution in [0.1, 0.15) is 45.0 Å². The highest BCUT2D eigenvalue weighted by molar-refractivity contribution is 7.80. The summed E-state index contributed by atoms with van der Waals surface area (Å²) < 4.78 is 10.0. The summed E-state index contributed by atoms with van der Waals surface area (Å²) in [6.07, 6.45) is -0.172. The summed E-state index contributed by atoms with van der Waals surface area (Å²) in [5, 5.41) is 7.04. The Morgan fingerprint density at radius 1 is 1.07 bits per heavy atom. The molecule has 0 aliphatic heterocycles. The Morgan fingerprint density at radius 3 is 2.26 bits per heavy atom. The van der Waals surface area contributed by atoms with Crippen molar-refractivity contribution in [1.82, 2.24) is 0 Å². The van der Waals surface area contributed by atoms with Crippen LogP contribution in [0.4, 0.5) is 10.7 Å². The zero-order chi connectivity index (χ0) is 20.1. The largest absolute Gasteiger partial charge is 0.465 e. The summed E-state index contributed by atoms with van der Waals surface area (Å²) in [7, 11) is 1.35. The zero-order valence-corrected chi connectivity index (χ0v) is 17.5. The van der Waals surface area contributed by atoms with E-state index >= 15 is 0 Å². The van der Waals surface area contributed by atoms with Crippen molar-refractivity contribution in [3.8, 4) is 0 Å². The zero-order valence-electron chi connectivity index (χ0n) is 15.8. The first-order valence-corrected chi connectivity index (χ1v) is 9.52. The maximum atomic E-state index is 12.0. The third-order valence-corrected chi connectivity index (χ3v) is 5.05.